The summed E-state index contributed by atoms with van der Waals surface area (Å²) in [5.74, 6) is 1.18. The summed E-state index contributed by atoms with van der Waals surface area (Å²) in [6, 6.07) is 3.71. The van der Waals surface area contributed by atoms with Crippen LogP contribution in [0.15, 0.2) is 28.3 Å². The van der Waals surface area contributed by atoms with Gasteiger partial charge in [0.05, 0.1) is 5.56 Å². The molecule has 0 saturated carbocycles. The highest BCUT2D eigenvalue weighted by molar-refractivity contribution is 6.06. The number of nitrogens with zero attached hydrogens (tertiary/aromatic N) is 3. The number of nitrogen functional groups attached to an aromatic ring is 1. The van der Waals surface area contributed by atoms with E-state index < -0.39 is 0 Å². The first-order valence-corrected chi connectivity index (χ1v) is 4.16. The van der Waals surface area contributed by atoms with Gasteiger partial charge in [-0.05, 0) is 12.1 Å². The lowest BCUT2D eigenvalue weighted by atomic mass is 10.2. The number of rotatable bonds is 1. The van der Waals surface area contributed by atoms with E-state index in [2.05, 4.69) is 15.0 Å². The monoisotopic (exact) mass is 174 g/mol. The molecule has 0 radical (unpaired) electrons. The van der Waals surface area contributed by atoms with Crippen LogP contribution in [0.5, 0.6) is 0 Å². The van der Waals surface area contributed by atoms with Gasteiger partial charge in [0.1, 0.15) is 5.82 Å². The fourth-order valence-corrected chi connectivity index (χ4v) is 1.18. The highest BCUT2D eigenvalue weighted by Gasteiger charge is 2.07. The number of hydrogen-bond donors (Lipinski definition) is 1. The lowest BCUT2D eigenvalue weighted by Crippen LogP contribution is -2.08. The van der Waals surface area contributed by atoms with Gasteiger partial charge in [-0.25, -0.2) is 9.98 Å². The zero-order chi connectivity index (χ0) is 9.10. The van der Waals surface area contributed by atoms with Crippen molar-refractivity contribution in [3.8, 4) is 0 Å². The minimum atomic E-state index is 0.486. The van der Waals surface area contributed by atoms with Crippen molar-refractivity contribution in [1.82, 2.24) is 4.98 Å². The first-order valence-electron chi connectivity index (χ1n) is 4.16. The Hall–Kier alpha value is -1.71. The Bertz CT molecular complexity index is 368. The fourth-order valence-electron chi connectivity index (χ4n) is 1.18. The Morgan fingerprint density at radius 3 is 3.00 bits per heavy atom. The normalized spacial score (nSPS) is 15.5. The number of nitrogens with two attached hydrogens (primary N) is 1. The molecule has 1 aromatic rings. The van der Waals surface area contributed by atoms with Crippen LogP contribution < -0.4 is 5.73 Å². The summed E-state index contributed by atoms with van der Waals surface area (Å²) in [5.41, 5.74) is 6.50. The van der Waals surface area contributed by atoms with E-state index >= 15 is 0 Å². The van der Waals surface area contributed by atoms with Crippen molar-refractivity contribution in [3.63, 3.8) is 0 Å². The van der Waals surface area contributed by atoms with Crippen LogP contribution in [0.1, 0.15) is 12.0 Å². The summed E-state index contributed by atoms with van der Waals surface area (Å²) in [6.45, 7) is 0.785. The minimum Gasteiger partial charge on any atom is -0.383 e. The molecule has 0 saturated heterocycles. The highest BCUT2D eigenvalue weighted by Crippen LogP contribution is 2.11. The van der Waals surface area contributed by atoms with E-state index in [4.69, 9.17) is 5.73 Å². The van der Waals surface area contributed by atoms with Gasteiger partial charge >= 0.3 is 0 Å². The van der Waals surface area contributed by atoms with Gasteiger partial charge < -0.3 is 5.73 Å². The van der Waals surface area contributed by atoms with Crippen molar-refractivity contribution >= 4 is 17.9 Å². The number of aromatic nitrogens is 1. The van der Waals surface area contributed by atoms with Crippen molar-refractivity contribution in [1.29, 1.82) is 0 Å². The van der Waals surface area contributed by atoms with E-state index in [9.17, 15) is 0 Å². The molecule has 13 heavy (non-hydrogen) atoms. The second kappa shape index (κ2) is 3.35. The molecule has 4 heteroatoms. The van der Waals surface area contributed by atoms with Crippen LogP contribution in [0.25, 0.3) is 0 Å². The summed E-state index contributed by atoms with van der Waals surface area (Å²) in [5, 5.41) is 0. The van der Waals surface area contributed by atoms with Crippen LogP contribution in [0, 0.1) is 0 Å². The summed E-state index contributed by atoms with van der Waals surface area (Å²) < 4.78 is 0. The predicted octanol–water partition coefficient (Wildman–Crippen LogP) is 0.885. The Morgan fingerprint density at radius 2 is 2.31 bits per heavy atom. The predicted molar refractivity (Wildman–Crippen MR) is 53.2 cm³/mol. The topological polar surface area (TPSA) is 63.6 Å². The highest BCUT2D eigenvalue weighted by atomic mass is 15.0. The van der Waals surface area contributed by atoms with Crippen molar-refractivity contribution in [3.05, 3.63) is 23.9 Å². The second-order valence-corrected chi connectivity index (χ2v) is 2.74. The smallest absolute Gasteiger partial charge is 0.157 e. The molecule has 2 N–H and O–H groups in total. The van der Waals surface area contributed by atoms with Crippen molar-refractivity contribution < 1.29 is 0 Å². The molecule has 0 aromatic carbocycles. The van der Waals surface area contributed by atoms with E-state index in [-0.39, 0.29) is 0 Å². The molecule has 2 rings (SSSR count). The third kappa shape index (κ3) is 1.56. The zero-order valence-corrected chi connectivity index (χ0v) is 7.14. The Balaban J connectivity index is 2.40. The average molecular weight is 174 g/mol. The van der Waals surface area contributed by atoms with Gasteiger partial charge in [0.15, 0.2) is 5.84 Å². The lowest BCUT2D eigenvalue weighted by Gasteiger charge is -2.06. The maximum Gasteiger partial charge on any atom is 0.157 e. The van der Waals surface area contributed by atoms with Gasteiger partial charge in [-0.15, -0.1) is 0 Å². The number of amidine groups is 1. The minimum absolute atomic E-state index is 0.486. The molecule has 0 bridgehead atoms. The number of pyridine rings is 1. The van der Waals surface area contributed by atoms with E-state index in [1.165, 1.54) is 0 Å². The summed E-state index contributed by atoms with van der Waals surface area (Å²) in [6.07, 6.45) is 4.42. The number of hydrogen-bond acceptors (Lipinski definition) is 4. The first kappa shape index (κ1) is 7.91. The first-order chi connectivity index (χ1) is 6.38. The SMILES string of the molecule is Nc1ncccc1C1=NCCC=N1. The van der Waals surface area contributed by atoms with Gasteiger partial charge in [-0.3, -0.25) is 4.99 Å². The van der Waals surface area contributed by atoms with Crippen LogP contribution in [-0.4, -0.2) is 23.6 Å². The Kier molecular flexibility index (Phi) is 2.04. The summed E-state index contributed by atoms with van der Waals surface area (Å²) >= 11 is 0. The van der Waals surface area contributed by atoms with E-state index in [1.807, 2.05) is 18.3 Å². The van der Waals surface area contributed by atoms with Gasteiger partial charge in [0.25, 0.3) is 0 Å². The number of anilines is 1. The Labute approximate surface area is 76.2 Å². The maximum atomic E-state index is 5.69. The summed E-state index contributed by atoms with van der Waals surface area (Å²) in [7, 11) is 0. The molecule has 4 nitrogen and oxygen atoms in total. The molecule has 1 aliphatic heterocycles. The van der Waals surface area contributed by atoms with Gasteiger partial charge in [0, 0.05) is 25.4 Å². The van der Waals surface area contributed by atoms with Crippen molar-refractivity contribution in [2.24, 2.45) is 9.98 Å². The second-order valence-electron chi connectivity index (χ2n) is 2.74. The van der Waals surface area contributed by atoms with Crippen LogP contribution in [0.2, 0.25) is 0 Å². The lowest BCUT2D eigenvalue weighted by molar-refractivity contribution is 1.03. The molecule has 1 aliphatic rings. The zero-order valence-electron chi connectivity index (χ0n) is 7.14. The van der Waals surface area contributed by atoms with E-state index in [0.29, 0.717) is 11.7 Å². The molecule has 1 aromatic heterocycles. The largest absolute Gasteiger partial charge is 0.383 e. The molecule has 2 heterocycles. The molecular formula is C9H10N4. The molecular weight excluding hydrogens is 164 g/mol. The fraction of sp³-hybridized carbons (Fsp3) is 0.222. The van der Waals surface area contributed by atoms with Gasteiger partial charge in [0.2, 0.25) is 0 Å². The van der Waals surface area contributed by atoms with Crippen LogP contribution in [0.3, 0.4) is 0 Å². The number of aliphatic imine (C=N–C) groups is 2. The van der Waals surface area contributed by atoms with E-state index in [0.717, 1.165) is 18.5 Å². The van der Waals surface area contributed by atoms with Crippen LogP contribution in [-0.2, 0) is 0 Å². The summed E-state index contributed by atoms with van der Waals surface area (Å²) in [4.78, 5) is 12.4. The molecule has 66 valence electrons. The van der Waals surface area contributed by atoms with Crippen molar-refractivity contribution in [2.45, 2.75) is 6.42 Å². The van der Waals surface area contributed by atoms with Gasteiger partial charge in [-0.2, -0.15) is 0 Å². The maximum absolute atomic E-state index is 5.69. The van der Waals surface area contributed by atoms with E-state index in [1.54, 1.807) is 6.20 Å². The quantitative estimate of drug-likeness (QED) is 0.687. The van der Waals surface area contributed by atoms with Crippen LogP contribution >= 0.6 is 0 Å². The Morgan fingerprint density at radius 1 is 1.38 bits per heavy atom. The third-order valence-corrected chi connectivity index (χ3v) is 1.81. The molecule has 0 aliphatic carbocycles. The molecule has 0 unspecified atom stereocenters. The van der Waals surface area contributed by atoms with Crippen molar-refractivity contribution in [2.75, 3.05) is 12.3 Å². The van der Waals surface area contributed by atoms with Crippen LogP contribution in [0.4, 0.5) is 5.82 Å². The third-order valence-electron chi connectivity index (χ3n) is 1.81. The molecule has 0 amide bonds. The molecule has 0 spiro atoms. The molecule has 0 fully saturated rings. The molecule has 0 atom stereocenters. The average Bonchev–Trinajstić information content (AvgIpc) is 2.20. The van der Waals surface area contributed by atoms with Gasteiger partial charge in [-0.1, -0.05) is 0 Å². The standard InChI is InChI=1S/C9H10N4/c10-8-7(3-1-4-11-8)9-12-5-2-6-13-9/h1,3-5H,2,6H2,(H2,10,11).